The summed E-state index contributed by atoms with van der Waals surface area (Å²) in [5.41, 5.74) is 16.6. The molecule has 1 aromatic heterocycles. The topological polar surface area (TPSA) is 88.1 Å². The van der Waals surface area contributed by atoms with Crippen molar-refractivity contribution in [3.63, 3.8) is 0 Å². The number of hydrogen-bond donors (Lipinski definition) is 3. The lowest BCUT2D eigenvalue weighted by molar-refractivity contribution is 0.345. The molecule has 0 saturated carbocycles. The summed E-state index contributed by atoms with van der Waals surface area (Å²) in [6.45, 7) is 1.19. The molecule has 2 aliphatic rings. The van der Waals surface area contributed by atoms with Gasteiger partial charge in [-0.25, -0.2) is 0 Å². The van der Waals surface area contributed by atoms with Crippen LogP contribution in [0.1, 0.15) is 29.9 Å². The first-order valence-corrected chi connectivity index (χ1v) is 6.68. The molecule has 0 spiro atoms. The molecule has 98 valence electrons. The Bertz CT molecular complexity index is 624. The Morgan fingerprint density at radius 2 is 2.21 bits per heavy atom. The molecule has 0 radical (unpaired) electrons. The van der Waals surface area contributed by atoms with E-state index in [0.29, 0.717) is 6.04 Å². The Morgan fingerprint density at radius 3 is 3.05 bits per heavy atom. The SMILES string of the molecule is [N-]=[N+]=N.c1cc2c3c(c[nH]c3c1)C[C@H]1NCCC[C@H]21. The molecule has 1 saturated heterocycles. The molecule has 0 bridgehead atoms. The summed E-state index contributed by atoms with van der Waals surface area (Å²) < 4.78 is 0. The minimum Gasteiger partial charge on any atom is -0.361 e. The molecule has 1 aliphatic heterocycles. The van der Waals surface area contributed by atoms with E-state index in [2.05, 4.69) is 34.7 Å². The number of aromatic nitrogens is 1. The van der Waals surface area contributed by atoms with Crippen LogP contribution in [0.3, 0.4) is 0 Å². The van der Waals surface area contributed by atoms with E-state index in [-0.39, 0.29) is 0 Å². The van der Waals surface area contributed by atoms with Gasteiger partial charge in [0.15, 0.2) is 0 Å². The molecular weight excluding hydrogens is 238 g/mol. The van der Waals surface area contributed by atoms with Crippen LogP contribution in [0.25, 0.3) is 21.3 Å². The van der Waals surface area contributed by atoms with Gasteiger partial charge in [0.05, 0.1) is 0 Å². The third-order valence-electron chi connectivity index (χ3n) is 4.24. The summed E-state index contributed by atoms with van der Waals surface area (Å²) in [6.07, 6.45) is 6.06. The summed E-state index contributed by atoms with van der Waals surface area (Å²) in [4.78, 5) is 5.15. The summed E-state index contributed by atoms with van der Waals surface area (Å²) >= 11 is 0. The van der Waals surface area contributed by atoms with E-state index in [1.165, 1.54) is 42.3 Å². The highest BCUT2D eigenvalue weighted by molar-refractivity contribution is 5.88. The number of aromatic amines is 1. The quantitative estimate of drug-likeness (QED) is 0.376. The van der Waals surface area contributed by atoms with Gasteiger partial charge >= 0.3 is 0 Å². The van der Waals surface area contributed by atoms with Gasteiger partial charge in [-0.2, -0.15) is 0 Å². The lowest BCUT2D eigenvalue weighted by Crippen LogP contribution is -2.43. The zero-order valence-corrected chi connectivity index (χ0v) is 10.7. The van der Waals surface area contributed by atoms with Crippen LogP contribution < -0.4 is 5.32 Å². The van der Waals surface area contributed by atoms with Crippen LogP contribution in [0.15, 0.2) is 24.4 Å². The minimum absolute atomic E-state index is 0.669. The van der Waals surface area contributed by atoms with Crippen LogP contribution in [0.4, 0.5) is 0 Å². The smallest absolute Gasteiger partial charge is 0.0459 e. The van der Waals surface area contributed by atoms with Gasteiger partial charge in [-0.15, -0.1) is 5.53 Å². The molecule has 2 aromatic rings. The molecule has 19 heavy (non-hydrogen) atoms. The van der Waals surface area contributed by atoms with Gasteiger partial charge < -0.3 is 10.3 Å². The van der Waals surface area contributed by atoms with Crippen molar-refractivity contribution in [2.24, 2.45) is 0 Å². The summed E-state index contributed by atoms with van der Waals surface area (Å²) in [7, 11) is 0. The lowest BCUT2D eigenvalue weighted by atomic mass is 9.76. The van der Waals surface area contributed by atoms with Crippen LogP contribution in [0, 0.1) is 5.53 Å². The average molecular weight is 255 g/mol. The fourth-order valence-corrected chi connectivity index (χ4v) is 3.53. The highest BCUT2D eigenvalue weighted by atomic mass is 15.0. The predicted molar refractivity (Wildman–Crippen MR) is 75.2 cm³/mol. The van der Waals surface area contributed by atoms with Crippen molar-refractivity contribution >= 4 is 10.9 Å². The monoisotopic (exact) mass is 255 g/mol. The summed E-state index contributed by atoms with van der Waals surface area (Å²) in [5.74, 6) is 0.737. The first-order valence-electron chi connectivity index (χ1n) is 6.68. The van der Waals surface area contributed by atoms with Crippen molar-refractivity contribution in [3.05, 3.63) is 46.0 Å². The Morgan fingerprint density at radius 1 is 1.37 bits per heavy atom. The Kier molecular flexibility index (Phi) is 3.15. The second-order valence-corrected chi connectivity index (χ2v) is 5.20. The second kappa shape index (κ2) is 4.96. The highest BCUT2D eigenvalue weighted by Crippen LogP contribution is 2.40. The van der Waals surface area contributed by atoms with Crippen molar-refractivity contribution in [2.45, 2.75) is 31.2 Å². The zero-order valence-electron chi connectivity index (χ0n) is 10.7. The minimum atomic E-state index is 0.669. The molecule has 5 nitrogen and oxygen atoms in total. The highest BCUT2D eigenvalue weighted by Gasteiger charge is 2.32. The number of H-pyrrole nitrogens is 1. The van der Waals surface area contributed by atoms with Gasteiger partial charge in [-0.05, 0) is 53.4 Å². The molecule has 1 aromatic carbocycles. The summed E-state index contributed by atoms with van der Waals surface area (Å²) in [5, 5.41) is 5.19. The van der Waals surface area contributed by atoms with Gasteiger partial charge in [0.1, 0.15) is 0 Å². The van der Waals surface area contributed by atoms with E-state index >= 15 is 0 Å². The van der Waals surface area contributed by atoms with Crippen LogP contribution >= 0.6 is 0 Å². The van der Waals surface area contributed by atoms with Crippen molar-refractivity contribution in [2.75, 3.05) is 6.54 Å². The largest absolute Gasteiger partial charge is 0.361 e. The molecular formula is C14H17N5. The molecule has 2 atom stereocenters. The van der Waals surface area contributed by atoms with E-state index in [1.54, 1.807) is 10.5 Å². The van der Waals surface area contributed by atoms with Gasteiger partial charge in [0, 0.05) is 29.1 Å². The van der Waals surface area contributed by atoms with E-state index in [4.69, 9.17) is 11.1 Å². The van der Waals surface area contributed by atoms with E-state index in [1.807, 2.05) is 0 Å². The molecule has 2 heterocycles. The molecule has 1 fully saturated rings. The standard InChI is InChI=1S/C14H16N2.HN3/c1-3-11-10-4-2-6-15-13(10)7-9-8-16-12(5-1)14(9)11;1-3-2/h1,3,5,8,10,13,15-16H,2,4,6-7H2;1H/t10-,13-;/m1./s1. The Balaban J connectivity index is 0.000000339. The summed E-state index contributed by atoms with van der Waals surface area (Å²) in [6, 6.07) is 7.37. The van der Waals surface area contributed by atoms with E-state index in [9.17, 15) is 0 Å². The fourth-order valence-electron chi connectivity index (χ4n) is 3.53. The van der Waals surface area contributed by atoms with E-state index in [0.717, 1.165) is 5.92 Å². The van der Waals surface area contributed by atoms with Crippen molar-refractivity contribution in [3.8, 4) is 0 Å². The molecule has 0 unspecified atom stereocenters. The Labute approximate surface area is 111 Å². The fraction of sp³-hybridized carbons (Fsp3) is 0.429. The third kappa shape index (κ3) is 1.97. The number of nitrogens with zero attached hydrogens (tertiary/aromatic N) is 2. The number of piperidine rings is 1. The van der Waals surface area contributed by atoms with Gasteiger partial charge in [-0.3, -0.25) is 0 Å². The maximum absolute atomic E-state index is 6.86. The van der Waals surface area contributed by atoms with Crippen molar-refractivity contribution in [1.29, 1.82) is 5.53 Å². The first kappa shape index (κ1) is 12.1. The Hall–Kier alpha value is -1.97. The normalized spacial score (nSPS) is 24.0. The number of hydrogen-bond acceptors (Lipinski definition) is 2. The van der Waals surface area contributed by atoms with Gasteiger partial charge in [-0.1, -0.05) is 12.1 Å². The van der Waals surface area contributed by atoms with Crippen LogP contribution in [0.2, 0.25) is 0 Å². The predicted octanol–water partition coefficient (Wildman–Crippen LogP) is 3.44. The van der Waals surface area contributed by atoms with Crippen LogP contribution in [-0.2, 0) is 6.42 Å². The number of nitrogens with one attached hydrogen (secondary N) is 3. The maximum atomic E-state index is 6.86. The van der Waals surface area contributed by atoms with Gasteiger partial charge in [0.2, 0.25) is 0 Å². The van der Waals surface area contributed by atoms with Gasteiger partial charge in [0.25, 0.3) is 0 Å². The van der Waals surface area contributed by atoms with Crippen LogP contribution in [-0.4, -0.2) is 17.6 Å². The second-order valence-electron chi connectivity index (χ2n) is 5.20. The molecule has 0 amide bonds. The zero-order chi connectivity index (χ0) is 13.2. The van der Waals surface area contributed by atoms with E-state index < -0.39 is 0 Å². The first-order chi connectivity index (χ1) is 9.35. The van der Waals surface area contributed by atoms with Crippen molar-refractivity contribution in [1.82, 2.24) is 10.3 Å². The molecule has 1 aliphatic carbocycles. The van der Waals surface area contributed by atoms with Crippen LogP contribution in [0.5, 0.6) is 0 Å². The number of fused-ring (bicyclic) bond motifs is 2. The number of benzene rings is 1. The lowest BCUT2D eigenvalue weighted by Gasteiger charge is -2.36. The molecule has 4 rings (SSSR count). The number of rotatable bonds is 0. The average Bonchev–Trinajstić information content (AvgIpc) is 2.85. The molecule has 5 heteroatoms. The van der Waals surface area contributed by atoms with Crippen molar-refractivity contribution < 1.29 is 0 Å². The third-order valence-corrected chi connectivity index (χ3v) is 4.24. The molecule has 3 N–H and O–H groups in total. The maximum Gasteiger partial charge on any atom is 0.0459 e.